The summed E-state index contributed by atoms with van der Waals surface area (Å²) in [6.07, 6.45) is 1.12. The molecule has 9 heteroatoms. The number of nitrogens with zero attached hydrogens (tertiary/aromatic N) is 3. The van der Waals surface area contributed by atoms with E-state index < -0.39 is 16.1 Å². The molecule has 0 aromatic heterocycles. The molecule has 0 bridgehead atoms. The average Bonchev–Trinajstić information content (AvgIpc) is 2.75. The van der Waals surface area contributed by atoms with Crippen molar-refractivity contribution >= 4 is 38.9 Å². The minimum Gasteiger partial charge on any atom is -0.494 e. The minimum absolute atomic E-state index is 0.216. The molecule has 1 aliphatic heterocycles. The fraction of sp³-hybridized carbons (Fsp3) is 0.435. The number of aryl methyl sites for hydroxylation is 1. The highest BCUT2D eigenvalue weighted by atomic mass is 35.5. The zero-order valence-corrected chi connectivity index (χ0v) is 20.5. The van der Waals surface area contributed by atoms with Crippen molar-refractivity contribution in [2.75, 3.05) is 48.2 Å². The van der Waals surface area contributed by atoms with Crippen molar-refractivity contribution in [3.05, 3.63) is 53.1 Å². The van der Waals surface area contributed by atoms with E-state index in [1.807, 2.05) is 32.0 Å². The fourth-order valence-corrected chi connectivity index (χ4v) is 5.35. The highest BCUT2D eigenvalue weighted by Crippen LogP contribution is 2.27. The van der Waals surface area contributed by atoms with Crippen molar-refractivity contribution in [2.24, 2.45) is 0 Å². The Hall–Kier alpha value is -2.45. The van der Waals surface area contributed by atoms with E-state index in [4.69, 9.17) is 16.3 Å². The lowest BCUT2D eigenvalue weighted by Crippen LogP contribution is -2.55. The number of rotatable bonds is 7. The van der Waals surface area contributed by atoms with Gasteiger partial charge in [-0.05, 0) is 62.7 Å². The first kappa shape index (κ1) is 24.2. The smallest absolute Gasteiger partial charge is 0.246 e. The number of piperazine rings is 1. The summed E-state index contributed by atoms with van der Waals surface area (Å²) in [6, 6.07) is 11.7. The summed E-state index contributed by atoms with van der Waals surface area (Å²) in [5.41, 5.74) is 2.62. The Morgan fingerprint density at radius 1 is 1.12 bits per heavy atom. The number of carbonyl (C=O) groups excluding carboxylic acids is 1. The first-order chi connectivity index (χ1) is 15.1. The van der Waals surface area contributed by atoms with Crippen molar-refractivity contribution in [2.45, 2.75) is 26.8 Å². The summed E-state index contributed by atoms with van der Waals surface area (Å²) in [6.45, 7) is 8.39. The lowest BCUT2D eigenvalue weighted by atomic mass is 10.1. The van der Waals surface area contributed by atoms with Gasteiger partial charge in [-0.15, -0.1) is 0 Å². The van der Waals surface area contributed by atoms with Crippen LogP contribution in [0.1, 0.15) is 19.4 Å². The highest BCUT2D eigenvalue weighted by molar-refractivity contribution is 7.92. The van der Waals surface area contributed by atoms with Crippen LogP contribution in [0.5, 0.6) is 5.75 Å². The molecule has 0 radical (unpaired) electrons. The van der Waals surface area contributed by atoms with Crippen LogP contribution in [0.3, 0.4) is 0 Å². The van der Waals surface area contributed by atoms with E-state index in [-0.39, 0.29) is 5.91 Å². The molecule has 0 N–H and O–H groups in total. The average molecular weight is 480 g/mol. The number of hydrogen-bond acceptors (Lipinski definition) is 5. The van der Waals surface area contributed by atoms with E-state index in [0.29, 0.717) is 49.2 Å². The first-order valence-corrected chi connectivity index (χ1v) is 12.9. The van der Waals surface area contributed by atoms with Gasteiger partial charge < -0.3 is 14.5 Å². The third-order valence-corrected chi connectivity index (χ3v) is 7.05. The molecule has 1 aliphatic rings. The van der Waals surface area contributed by atoms with E-state index in [9.17, 15) is 13.2 Å². The van der Waals surface area contributed by atoms with Gasteiger partial charge in [0.2, 0.25) is 15.9 Å². The fourth-order valence-electron chi connectivity index (χ4n) is 4.01. The van der Waals surface area contributed by atoms with Gasteiger partial charge in [0.05, 0.1) is 18.6 Å². The lowest BCUT2D eigenvalue weighted by Gasteiger charge is -2.39. The largest absolute Gasteiger partial charge is 0.494 e. The van der Waals surface area contributed by atoms with Crippen molar-refractivity contribution in [3.63, 3.8) is 0 Å². The second-order valence-electron chi connectivity index (χ2n) is 7.90. The quantitative estimate of drug-likeness (QED) is 0.607. The molecule has 2 aromatic rings. The van der Waals surface area contributed by atoms with Crippen LogP contribution >= 0.6 is 11.6 Å². The van der Waals surface area contributed by atoms with Crippen LogP contribution in [0, 0.1) is 6.92 Å². The number of sulfonamides is 1. The van der Waals surface area contributed by atoms with Crippen LogP contribution in [0.25, 0.3) is 0 Å². The Kier molecular flexibility index (Phi) is 7.56. The van der Waals surface area contributed by atoms with E-state index in [1.165, 1.54) is 4.31 Å². The number of ether oxygens (including phenoxy) is 1. The molecule has 0 aliphatic carbocycles. The first-order valence-electron chi connectivity index (χ1n) is 10.6. The Bertz CT molecular complexity index is 1050. The maximum atomic E-state index is 13.2. The molecular weight excluding hydrogens is 450 g/mol. The van der Waals surface area contributed by atoms with Crippen LogP contribution in [0.4, 0.5) is 11.4 Å². The van der Waals surface area contributed by atoms with Crippen molar-refractivity contribution in [1.29, 1.82) is 0 Å². The van der Waals surface area contributed by atoms with Crippen LogP contribution in [0.15, 0.2) is 42.5 Å². The van der Waals surface area contributed by atoms with Crippen LogP contribution < -0.4 is 13.9 Å². The molecule has 1 heterocycles. The Labute approximate surface area is 195 Å². The van der Waals surface area contributed by atoms with E-state index in [0.717, 1.165) is 17.5 Å². The third-order valence-electron chi connectivity index (χ3n) is 5.57. The molecule has 1 atom stereocenters. The van der Waals surface area contributed by atoms with Crippen molar-refractivity contribution in [1.82, 2.24) is 4.90 Å². The minimum atomic E-state index is -3.67. The van der Waals surface area contributed by atoms with Crippen LogP contribution in [-0.2, 0) is 14.8 Å². The predicted molar refractivity (Wildman–Crippen MR) is 129 cm³/mol. The number of amides is 1. The number of hydrogen-bond donors (Lipinski definition) is 0. The van der Waals surface area contributed by atoms with Crippen LogP contribution in [0.2, 0.25) is 5.02 Å². The summed E-state index contributed by atoms with van der Waals surface area (Å²) in [7, 11) is -3.67. The monoisotopic (exact) mass is 479 g/mol. The number of carbonyl (C=O) groups is 1. The molecule has 32 heavy (non-hydrogen) atoms. The SMILES string of the molecule is CCOc1ccc(N(C(C)C(=O)N2CCN(c3cc(Cl)ccc3C)CC2)S(C)(=O)=O)cc1. The molecule has 1 saturated heterocycles. The number of halogens is 1. The Balaban J connectivity index is 1.73. The molecule has 0 saturated carbocycles. The summed E-state index contributed by atoms with van der Waals surface area (Å²) in [5, 5.41) is 0.678. The van der Waals surface area contributed by atoms with Gasteiger partial charge in [0, 0.05) is 36.9 Å². The van der Waals surface area contributed by atoms with Gasteiger partial charge in [-0.1, -0.05) is 17.7 Å². The maximum Gasteiger partial charge on any atom is 0.246 e. The molecule has 1 amide bonds. The zero-order chi connectivity index (χ0) is 23.5. The predicted octanol–water partition coefficient (Wildman–Crippen LogP) is 3.55. The summed E-state index contributed by atoms with van der Waals surface area (Å²) in [5.74, 6) is 0.433. The number of anilines is 2. The summed E-state index contributed by atoms with van der Waals surface area (Å²) < 4.78 is 31.8. The van der Waals surface area contributed by atoms with Crippen LogP contribution in [-0.4, -0.2) is 64.3 Å². The molecule has 7 nitrogen and oxygen atoms in total. The van der Waals surface area contributed by atoms with Gasteiger partial charge in [0.15, 0.2) is 0 Å². The highest BCUT2D eigenvalue weighted by Gasteiger charge is 2.33. The lowest BCUT2D eigenvalue weighted by molar-refractivity contribution is -0.132. The molecule has 3 rings (SSSR count). The normalized spacial score (nSPS) is 15.4. The van der Waals surface area contributed by atoms with Gasteiger partial charge in [0.1, 0.15) is 11.8 Å². The van der Waals surface area contributed by atoms with Gasteiger partial charge in [-0.25, -0.2) is 8.42 Å². The molecular formula is C23H30ClN3O4S. The molecule has 1 unspecified atom stereocenters. The van der Waals surface area contributed by atoms with E-state index in [2.05, 4.69) is 4.90 Å². The topological polar surface area (TPSA) is 70.2 Å². The van der Waals surface area contributed by atoms with Crippen molar-refractivity contribution < 1.29 is 17.9 Å². The molecule has 2 aromatic carbocycles. The summed E-state index contributed by atoms with van der Waals surface area (Å²) >= 11 is 6.16. The van der Waals surface area contributed by atoms with E-state index in [1.54, 1.807) is 36.1 Å². The van der Waals surface area contributed by atoms with Gasteiger partial charge >= 0.3 is 0 Å². The maximum absolute atomic E-state index is 13.2. The summed E-state index contributed by atoms with van der Waals surface area (Å²) in [4.78, 5) is 17.2. The van der Waals surface area contributed by atoms with Gasteiger partial charge in [0.25, 0.3) is 0 Å². The number of benzene rings is 2. The standard InChI is InChI=1S/C23H30ClN3O4S/c1-5-31-21-10-8-20(9-11-21)27(32(4,29)30)18(3)23(28)26-14-12-25(13-15-26)22-16-19(24)7-6-17(22)2/h6-11,16,18H,5,12-15H2,1-4H3. The second kappa shape index (κ2) is 10.0. The third kappa shape index (κ3) is 5.48. The second-order valence-corrected chi connectivity index (χ2v) is 10.2. The molecule has 174 valence electrons. The van der Waals surface area contributed by atoms with Gasteiger partial charge in [-0.3, -0.25) is 9.10 Å². The Morgan fingerprint density at radius 2 is 1.75 bits per heavy atom. The van der Waals surface area contributed by atoms with Crippen molar-refractivity contribution in [3.8, 4) is 5.75 Å². The Morgan fingerprint density at radius 3 is 2.31 bits per heavy atom. The molecule has 0 spiro atoms. The van der Waals surface area contributed by atoms with Gasteiger partial charge in [-0.2, -0.15) is 0 Å². The zero-order valence-electron chi connectivity index (χ0n) is 18.9. The van der Waals surface area contributed by atoms with E-state index >= 15 is 0 Å². The molecule has 1 fully saturated rings.